The van der Waals surface area contributed by atoms with E-state index in [1.165, 1.54) is 24.3 Å². The molecule has 0 bridgehead atoms. The quantitative estimate of drug-likeness (QED) is 0.750. The molecular weight excluding hydrogens is 379 g/mol. The van der Waals surface area contributed by atoms with Crippen molar-refractivity contribution in [1.82, 2.24) is 15.3 Å². The van der Waals surface area contributed by atoms with Gasteiger partial charge in [0.1, 0.15) is 11.5 Å². The molecule has 27 heavy (non-hydrogen) atoms. The number of thioether (sulfide) groups is 1. The zero-order valence-electron chi connectivity index (χ0n) is 14.7. The maximum Gasteiger partial charge on any atom is 0.446 e. The number of nitrogens with zero attached hydrogens (tertiary/aromatic N) is 1. The van der Waals surface area contributed by atoms with Gasteiger partial charge in [-0.05, 0) is 56.1 Å². The first-order chi connectivity index (χ1) is 12.5. The van der Waals surface area contributed by atoms with Gasteiger partial charge in [-0.15, -0.1) is 0 Å². The third-order valence-corrected chi connectivity index (χ3v) is 4.93. The number of alkyl halides is 3. The second-order valence-electron chi connectivity index (χ2n) is 6.94. The van der Waals surface area contributed by atoms with Crippen molar-refractivity contribution in [3.05, 3.63) is 57.8 Å². The average Bonchev–Trinajstić information content (AvgIpc) is 3.37. The first-order valence-electron chi connectivity index (χ1n) is 8.33. The highest BCUT2D eigenvalue weighted by molar-refractivity contribution is 8.00. The summed E-state index contributed by atoms with van der Waals surface area (Å²) in [5.74, 6) is 0.192. The maximum absolute atomic E-state index is 12.6. The van der Waals surface area contributed by atoms with Gasteiger partial charge in [0.2, 0.25) is 0 Å². The molecule has 0 spiro atoms. The zero-order chi connectivity index (χ0) is 19.8. The van der Waals surface area contributed by atoms with E-state index < -0.39 is 17.0 Å². The third kappa shape index (κ3) is 5.12. The number of carbonyl (C=O) groups is 1. The van der Waals surface area contributed by atoms with Crippen LogP contribution in [0.2, 0.25) is 0 Å². The van der Waals surface area contributed by atoms with Crippen LogP contribution in [0.25, 0.3) is 0 Å². The van der Waals surface area contributed by atoms with E-state index in [-0.39, 0.29) is 33.8 Å². The van der Waals surface area contributed by atoms with Gasteiger partial charge in [-0.25, -0.2) is 4.98 Å². The van der Waals surface area contributed by atoms with Crippen molar-refractivity contribution in [3.63, 3.8) is 0 Å². The summed E-state index contributed by atoms with van der Waals surface area (Å²) in [6.45, 7) is 3.46. The number of amides is 1. The third-order valence-electron chi connectivity index (χ3n) is 4.19. The van der Waals surface area contributed by atoms with Gasteiger partial charge < -0.3 is 10.3 Å². The Labute approximate surface area is 157 Å². The minimum atomic E-state index is -4.35. The molecule has 0 aliphatic heterocycles. The molecule has 0 atom stereocenters. The number of rotatable bonds is 5. The van der Waals surface area contributed by atoms with E-state index in [9.17, 15) is 22.8 Å². The molecule has 5 nitrogen and oxygen atoms in total. The molecule has 1 aromatic carbocycles. The van der Waals surface area contributed by atoms with Crippen molar-refractivity contribution in [2.45, 2.75) is 48.5 Å². The monoisotopic (exact) mass is 397 g/mol. The Balaban J connectivity index is 1.75. The molecule has 1 aromatic heterocycles. The number of aromatic amines is 1. The maximum atomic E-state index is 12.6. The molecule has 0 unspecified atom stereocenters. The minimum Gasteiger partial charge on any atom is -0.342 e. The summed E-state index contributed by atoms with van der Waals surface area (Å²) in [5, 5.41) is 2.79. The van der Waals surface area contributed by atoms with E-state index in [0.717, 1.165) is 18.9 Å². The second kappa shape index (κ2) is 7.03. The van der Waals surface area contributed by atoms with Crippen LogP contribution in [0.1, 0.15) is 54.5 Å². The highest BCUT2D eigenvalue weighted by Gasteiger charge is 2.31. The summed E-state index contributed by atoms with van der Waals surface area (Å²) < 4.78 is 37.3. The highest BCUT2D eigenvalue weighted by Crippen LogP contribution is 2.38. The van der Waals surface area contributed by atoms with Gasteiger partial charge in [0.15, 0.2) is 0 Å². The lowest BCUT2D eigenvalue weighted by molar-refractivity contribution is -0.0328. The first-order valence-corrected chi connectivity index (χ1v) is 9.15. The van der Waals surface area contributed by atoms with Gasteiger partial charge in [-0.2, -0.15) is 13.2 Å². The molecule has 0 saturated heterocycles. The molecular formula is C18H18F3N3O2S. The molecule has 144 valence electrons. The largest absolute Gasteiger partial charge is 0.446 e. The molecule has 1 aliphatic carbocycles. The number of H-pyrrole nitrogens is 1. The van der Waals surface area contributed by atoms with Crippen LogP contribution < -0.4 is 10.9 Å². The fourth-order valence-corrected chi connectivity index (χ4v) is 3.18. The molecule has 2 aromatic rings. The Bertz CT molecular complexity index is 903. The summed E-state index contributed by atoms with van der Waals surface area (Å²) in [6.07, 6.45) is 1.86. The van der Waals surface area contributed by atoms with E-state index in [4.69, 9.17) is 0 Å². The molecule has 1 amide bonds. The number of hydrogen-bond acceptors (Lipinski definition) is 4. The average molecular weight is 397 g/mol. The van der Waals surface area contributed by atoms with Gasteiger partial charge in [-0.3, -0.25) is 9.59 Å². The van der Waals surface area contributed by atoms with Crippen LogP contribution >= 0.6 is 11.8 Å². The molecule has 1 saturated carbocycles. The molecule has 1 fully saturated rings. The van der Waals surface area contributed by atoms with E-state index >= 15 is 0 Å². The van der Waals surface area contributed by atoms with Crippen LogP contribution in [0.15, 0.2) is 40.0 Å². The summed E-state index contributed by atoms with van der Waals surface area (Å²) in [4.78, 5) is 31.3. The van der Waals surface area contributed by atoms with E-state index in [0.29, 0.717) is 11.4 Å². The number of aromatic nitrogens is 2. The van der Waals surface area contributed by atoms with Crippen LogP contribution in [0.4, 0.5) is 13.2 Å². The highest BCUT2D eigenvalue weighted by atomic mass is 32.2. The Morgan fingerprint density at radius 3 is 2.41 bits per heavy atom. The lowest BCUT2D eigenvalue weighted by Gasteiger charge is -2.27. The Morgan fingerprint density at radius 2 is 1.85 bits per heavy atom. The van der Waals surface area contributed by atoms with Crippen molar-refractivity contribution in [2.24, 2.45) is 0 Å². The van der Waals surface area contributed by atoms with E-state index in [2.05, 4.69) is 15.3 Å². The first kappa shape index (κ1) is 19.5. The van der Waals surface area contributed by atoms with E-state index in [1.54, 1.807) is 13.8 Å². The standard InChI is InChI=1S/C18H18F3N3O2S/c1-17(2,11-5-7-12(8-6-11)27-18(19,20)21)24-16(26)13-9-14(25)23-15(22-13)10-3-4-10/h5-10H,3-4H2,1-2H3,(H,24,26)(H,22,23,25). The van der Waals surface area contributed by atoms with Crippen LogP contribution in [0.3, 0.4) is 0 Å². The molecule has 0 radical (unpaired) electrons. The Hall–Kier alpha value is -2.29. The Kier molecular flexibility index (Phi) is 5.07. The minimum absolute atomic E-state index is 0.0259. The van der Waals surface area contributed by atoms with Gasteiger partial charge in [-0.1, -0.05) is 12.1 Å². The smallest absolute Gasteiger partial charge is 0.342 e. The van der Waals surface area contributed by atoms with Crippen LogP contribution in [0, 0.1) is 0 Å². The predicted molar refractivity (Wildman–Crippen MR) is 95.7 cm³/mol. The van der Waals surface area contributed by atoms with Crippen molar-refractivity contribution in [1.29, 1.82) is 0 Å². The summed E-state index contributed by atoms with van der Waals surface area (Å²) >= 11 is -0.193. The molecule has 2 N–H and O–H groups in total. The molecule has 3 rings (SSSR count). The van der Waals surface area contributed by atoms with E-state index in [1.807, 2.05) is 0 Å². The molecule has 1 aliphatic rings. The number of carbonyl (C=O) groups excluding carboxylic acids is 1. The number of nitrogens with one attached hydrogen (secondary N) is 2. The number of halogens is 3. The summed E-state index contributed by atoms with van der Waals surface area (Å²) in [7, 11) is 0. The van der Waals surface area contributed by atoms with Crippen LogP contribution in [-0.2, 0) is 5.54 Å². The second-order valence-corrected chi connectivity index (χ2v) is 8.08. The van der Waals surface area contributed by atoms with Gasteiger partial charge >= 0.3 is 5.51 Å². The van der Waals surface area contributed by atoms with Crippen molar-refractivity contribution >= 4 is 17.7 Å². The Morgan fingerprint density at radius 1 is 1.22 bits per heavy atom. The van der Waals surface area contributed by atoms with Gasteiger partial charge in [0.05, 0.1) is 5.54 Å². The van der Waals surface area contributed by atoms with Gasteiger partial charge in [0.25, 0.3) is 11.5 Å². The zero-order valence-corrected chi connectivity index (χ0v) is 15.5. The normalized spacial score (nSPS) is 14.9. The fraction of sp³-hybridized carbons (Fsp3) is 0.389. The summed E-state index contributed by atoms with van der Waals surface area (Å²) in [5.41, 5.74) is -4.94. The SMILES string of the molecule is CC(C)(NC(=O)c1cc(=O)[nH]c(C2CC2)n1)c1ccc(SC(F)(F)F)cc1. The van der Waals surface area contributed by atoms with Crippen molar-refractivity contribution < 1.29 is 18.0 Å². The van der Waals surface area contributed by atoms with Crippen molar-refractivity contribution in [2.75, 3.05) is 0 Å². The van der Waals surface area contributed by atoms with Crippen molar-refractivity contribution in [3.8, 4) is 0 Å². The number of benzene rings is 1. The topological polar surface area (TPSA) is 74.8 Å². The summed E-state index contributed by atoms with van der Waals surface area (Å²) in [6, 6.07) is 6.93. The van der Waals surface area contributed by atoms with Gasteiger partial charge in [0, 0.05) is 16.9 Å². The molecule has 1 heterocycles. The molecule has 9 heteroatoms. The predicted octanol–water partition coefficient (Wildman–Crippen LogP) is 3.92. The van der Waals surface area contributed by atoms with Crippen LogP contribution in [-0.4, -0.2) is 21.4 Å². The lowest BCUT2D eigenvalue weighted by Crippen LogP contribution is -2.41. The fourth-order valence-electron chi connectivity index (χ4n) is 2.64. The lowest BCUT2D eigenvalue weighted by atomic mass is 9.94. The number of hydrogen-bond donors (Lipinski definition) is 2. The van der Waals surface area contributed by atoms with Crippen LogP contribution in [0.5, 0.6) is 0 Å².